The largest absolute Gasteiger partial charge is 0.291 e. The highest BCUT2D eigenvalue weighted by Crippen LogP contribution is 2.57. The van der Waals surface area contributed by atoms with Gasteiger partial charge in [0.15, 0.2) is 0 Å². The van der Waals surface area contributed by atoms with Crippen LogP contribution in [-0.4, -0.2) is 28.4 Å². The van der Waals surface area contributed by atoms with Gasteiger partial charge in [0.25, 0.3) is 5.92 Å². The molecule has 1 aliphatic heterocycles. The molecule has 1 saturated carbocycles. The van der Waals surface area contributed by atoms with Crippen molar-refractivity contribution in [2.45, 2.75) is 77.9 Å². The molecule has 17 heavy (non-hydrogen) atoms. The van der Waals surface area contributed by atoms with Crippen LogP contribution in [0.2, 0.25) is 0 Å². The molecule has 0 spiro atoms. The molecule has 2 fully saturated rings. The fraction of sp³-hybridized carbons (Fsp3) is 1.00. The van der Waals surface area contributed by atoms with Crippen LogP contribution in [0.5, 0.6) is 0 Å². The minimum absolute atomic E-state index is 0.0200. The third-order valence-electron chi connectivity index (χ3n) is 4.43. The van der Waals surface area contributed by atoms with Crippen LogP contribution >= 0.6 is 0 Å². The Balaban J connectivity index is 2.29. The van der Waals surface area contributed by atoms with E-state index in [0.29, 0.717) is 6.42 Å². The van der Waals surface area contributed by atoms with Crippen LogP contribution in [0.15, 0.2) is 0 Å². The fourth-order valence-electron chi connectivity index (χ4n) is 3.64. The normalized spacial score (nSPS) is 37.8. The molecule has 0 radical (unpaired) electrons. The minimum atomic E-state index is -2.42. The Hall–Kier alpha value is -0.180. The molecule has 1 aliphatic carbocycles. The van der Waals surface area contributed by atoms with Crippen LogP contribution in [0, 0.1) is 11.3 Å². The van der Waals surface area contributed by atoms with E-state index in [1.54, 1.807) is 0 Å². The molecule has 0 amide bonds. The van der Waals surface area contributed by atoms with Gasteiger partial charge in [0, 0.05) is 30.0 Å². The molecule has 1 saturated heterocycles. The molecule has 2 rings (SSSR count). The second kappa shape index (κ2) is 3.43. The van der Waals surface area contributed by atoms with Gasteiger partial charge in [-0.15, -0.1) is 0 Å². The highest BCUT2D eigenvalue weighted by atomic mass is 19.3. The number of alkyl halides is 2. The Morgan fingerprint density at radius 3 is 1.94 bits per heavy atom. The molecule has 1 nitrogen and oxygen atoms in total. The smallest absolute Gasteiger partial charge is 0.253 e. The van der Waals surface area contributed by atoms with E-state index < -0.39 is 11.8 Å². The summed E-state index contributed by atoms with van der Waals surface area (Å²) in [5.74, 6) is -2.83. The lowest BCUT2D eigenvalue weighted by Gasteiger charge is -2.50. The van der Waals surface area contributed by atoms with Crippen molar-refractivity contribution < 1.29 is 8.78 Å². The van der Waals surface area contributed by atoms with Crippen LogP contribution in [-0.2, 0) is 0 Å². The number of halogens is 2. The molecule has 3 heteroatoms. The molecule has 0 aromatic carbocycles. The van der Waals surface area contributed by atoms with Crippen LogP contribution < -0.4 is 0 Å². The predicted octanol–water partition coefficient (Wildman–Crippen LogP) is 3.93. The van der Waals surface area contributed by atoms with Gasteiger partial charge in [0.2, 0.25) is 0 Å². The maximum atomic E-state index is 13.6. The Morgan fingerprint density at radius 1 is 1.06 bits per heavy atom. The third kappa shape index (κ3) is 2.00. The lowest BCUT2D eigenvalue weighted by Crippen LogP contribution is -2.60. The summed E-state index contributed by atoms with van der Waals surface area (Å²) in [7, 11) is 0. The average molecular weight is 245 g/mol. The van der Waals surface area contributed by atoms with E-state index in [4.69, 9.17) is 0 Å². The SMILES string of the molecule is CC(C)(C)[C@@H]1C[C@@H]2[C@@H](CC2(F)F)N1C(C)(C)C. The van der Waals surface area contributed by atoms with Gasteiger partial charge in [-0.05, 0) is 32.6 Å². The number of hydrogen-bond acceptors (Lipinski definition) is 1. The number of nitrogens with zero attached hydrogens (tertiary/aromatic N) is 1. The van der Waals surface area contributed by atoms with Gasteiger partial charge in [0.1, 0.15) is 0 Å². The molecule has 0 aromatic rings. The zero-order valence-corrected chi connectivity index (χ0v) is 11.8. The van der Waals surface area contributed by atoms with Crippen molar-refractivity contribution in [2.24, 2.45) is 11.3 Å². The summed E-state index contributed by atoms with van der Waals surface area (Å²) in [6.07, 6.45) is 0.708. The molecule has 0 bridgehead atoms. The standard InChI is InChI=1S/C14H25F2N/c1-12(2,3)11-7-9-10(8-14(9,15)16)17(11)13(4,5)6/h9-11H,7-8H2,1-6H3/t9-,10-,11+/m1/s1. The summed E-state index contributed by atoms with van der Waals surface area (Å²) < 4.78 is 27.2. The van der Waals surface area contributed by atoms with E-state index in [2.05, 4.69) is 46.4 Å². The van der Waals surface area contributed by atoms with Gasteiger partial charge < -0.3 is 0 Å². The maximum absolute atomic E-state index is 13.6. The summed E-state index contributed by atoms with van der Waals surface area (Å²) >= 11 is 0. The van der Waals surface area contributed by atoms with Crippen LogP contribution in [0.3, 0.4) is 0 Å². The first-order chi connectivity index (χ1) is 7.44. The summed E-state index contributed by atoms with van der Waals surface area (Å²) in [5.41, 5.74) is 0.0502. The van der Waals surface area contributed by atoms with Crippen molar-refractivity contribution in [1.29, 1.82) is 0 Å². The van der Waals surface area contributed by atoms with Gasteiger partial charge in [-0.1, -0.05) is 20.8 Å². The second-order valence-electron chi connectivity index (χ2n) is 7.83. The van der Waals surface area contributed by atoms with E-state index in [-0.39, 0.29) is 29.5 Å². The van der Waals surface area contributed by atoms with Gasteiger partial charge in [-0.3, -0.25) is 4.90 Å². The van der Waals surface area contributed by atoms with E-state index in [9.17, 15) is 8.78 Å². The Kier molecular flexibility index (Phi) is 2.68. The zero-order valence-electron chi connectivity index (χ0n) is 11.8. The van der Waals surface area contributed by atoms with Crippen LogP contribution in [0.25, 0.3) is 0 Å². The second-order valence-corrected chi connectivity index (χ2v) is 7.83. The Bertz CT molecular complexity index is 311. The molecule has 1 heterocycles. The van der Waals surface area contributed by atoms with E-state index in [1.165, 1.54) is 0 Å². The first-order valence-corrected chi connectivity index (χ1v) is 6.61. The maximum Gasteiger partial charge on any atom is 0.253 e. The lowest BCUT2D eigenvalue weighted by molar-refractivity contribution is -0.168. The number of likely N-dealkylation sites (tertiary alicyclic amines) is 1. The summed E-state index contributed by atoms with van der Waals surface area (Å²) in [5, 5.41) is 0. The Labute approximate surface area is 104 Å². The first kappa shape index (κ1) is 13.3. The molecule has 0 N–H and O–H groups in total. The molecule has 0 aromatic heterocycles. The van der Waals surface area contributed by atoms with Crippen LogP contribution in [0.1, 0.15) is 54.4 Å². The van der Waals surface area contributed by atoms with Crippen molar-refractivity contribution in [3.05, 3.63) is 0 Å². The molecule has 0 unspecified atom stereocenters. The van der Waals surface area contributed by atoms with Crippen molar-refractivity contribution in [2.75, 3.05) is 0 Å². The third-order valence-corrected chi connectivity index (χ3v) is 4.43. The van der Waals surface area contributed by atoms with Crippen molar-refractivity contribution in [3.8, 4) is 0 Å². The number of fused-ring (bicyclic) bond motifs is 1. The van der Waals surface area contributed by atoms with Crippen LogP contribution in [0.4, 0.5) is 8.78 Å². The van der Waals surface area contributed by atoms with Crippen molar-refractivity contribution in [3.63, 3.8) is 0 Å². The van der Waals surface area contributed by atoms with E-state index >= 15 is 0 Å². The monoisotopic (exact) mass is 245 g/mol. The average Bonchev–Trinajstić information content (AvgIpc) is 2.37. The van der Waals surface area contributed by atoms with Gasteiger partial charge in [-0.2, -0.15) is 0 Å². The highest BCUT2D eigenvalue weighted by molar-refractivity contribution is 5.13. The summed E-state index contributed by atoms with van der Waals surface area (Å²) in [4.78, 5) is 2.36. The summed E-state index contributed by atoms with van der Waals surface area (Å²) in [6.45, 7) is 12.9. The lowest BCUT2D eigenvalue weighted by atomic mass is 9.74. The first-order valence-electron chi connectivity index (χ1n) is 6.61. The van der Waals surface area contributed by atoms with Crippen molar-refractivity contribution >= 4 is 0 Å². The highest BCUT2D eigenvalue weighted by Gasteiger charge is 2.65. The van der Waals surface area contributed by atoms with Crippen molar-refractivity contribution in [1.82, 2.24) is 4.90 Å². The zero-order chi connectivity index (χ0) is 13.2. The molecule has 3 atom stereocenters. The molecule has 2 aliphatic rings. The van der Waals surface area contributed by atoms with E-state index in [1.807, 2.05) is 0 Å². The summed E-state index contributed by atoms with van der Waals surface area (Å²) in [6, 6.07) is 0.361. The van der Waals surface area contributed by atoms with Gasteiger partial charge in [0.05, 0.1) is 0 Å². The Morgan fingerprint density at radius 2 is 1.59 bits per heavy atom. The van der Waals surface area contributed by atoms with E-state index in [0.717, 1.165) is 0 Å². The number of hydrogen-bond donors (Lipinski definition) is 0. The molecular formula is C14H25F2N. The van der Waals surface area contributed by atoms with Gasteiger partial charge >= 0.3 is 0 Å². The minimum Gasteiger partial charge on any atom is -0.291 e. The fourth-order valence-corrected chi connectivity index (χ4v) is 3.64. The predicted molar refractivity (Wildman–Crippen MR) is 66.3 cm³/mol. The molecule has 100 valence electrons. The number of rotatable bonds is 0. The molecular weight excluding hydrogens is 220 g/mol. The quantitative estimate of drug-likeness (QED) is 0.625. The topological polar surface area (TPSA) is 3.24 Å². The van der Waals surface area contributed by atoms with Gasteiger partial charge in [-0.25, -0.2) is 8.78 Å².